The minimum Gasteiger partial charge on any atom is -0.501 e. The molecule has 0 aliphatic rings. The van der Waals surface area contributed by atoms with Crippen molar-refractivity contribution in [3.63, 3.8) is 0 Å². The van der Waals surface area contributed by atoms with Crippen LogP contribution in [0.4, 0.5) is 0 Å². The highest BCUT2D eigenvalue weighted by molar-refractivity contribution is 7.99. The van der Waals surface area contributed by atoms with Gasteiger partial charge in [0, 0.05) is 5.75 Å². The van der Waals surface area contributed by atoms with E-state index >= 15 is 0 Å². The number of hydrogen-bond donors (Lipinski definition) is 0. The molecule has 0 heterocycles. The quantitative estimate of drug-likeness (QED) is 0.393. The largest absolute Gasteiger partial charge is 0.501 e. The predicted octanol–water partition coefficient (Wildman–Crippen LogP) is 3.85. The molecule has 0 bridgehead atoms. The average molecular weight is 202 g/mol. The maximum Gasteiger partial charge on any atom is 0.0963 e. The third-order valence-corrected chi connectivity index (χ3v) is 2.89. The topological polar surface area (TPSA) is 9.23 Å². The molecular weight excluding hydrogens is 180 g/mol. The van der Waals surface area contributed by atoms with Crippen molar-refractivity contribution < 1.29 is 4.74 Å². The molecule has 0 N–H and O–H groups in total. The fourth-order valence-electron chi connectivity index (χ4n) is 1.10. The molecule has 0 radical (unpaired) electrons. The van der Waals surface area contributed by atoms with Gasteiger partial charge in [-0.25, -0.2) is 0 Å². The zero-order chi connectivity index (χ0) is 9.78. The summed E-state index contributed by atoms with van der Waals surface area (Å²) in [7, 11) is 0. The third kappa shape index (κ3) is 11.9. The highest BCUT2D eigenvalue weighted by Crippen LogP contribution is 2.08. The number of hydrogen-bond acceptors (Lipinski definition) is 2. The van der Waals surface area contributed by atoms with Gasteiger partial charge in [0.2, 0.25) is 0 Å². The molecule has 13 heavy (non-hydrogen) atoms. The third-order valence-electron chi connectivity index (χ3n) is 1.86. The van der Waals surface area contributed by atoms with E-state index in [4.69, 9.17) is 4.74 Å². The molecule has 0 aromatic heterocycles. The number of unbranched alkanes of at least 4 members (excludes halogenated alkanes) is 4. The monoisotopic (exact) mass is 202 g/mol. The van der Waals surface area contributed by atoms with Crippen LogP contribution < -0.4 is 0 Å². The van der Waals surface area contributed by atoms with E-state index in [9.17, 15) is 0 Å². The minimum absolute atomic E-state index is 0.809. The molecule has 0 fully saturated rings. The van der Waals surface area contributed by atoms with Crippen LogP contribution in [0, 0.1) is 0 Å². The van der Waals surface area contributed by atoms with Crippen molar-refractivity contribution >= 4 is 11.8 Å². The van der Waals surface area contributed by atoms with Gasteiger partial charge in [-0.15, -0.1) is 0 Å². The lowest BCUT2D eigenvalue weighted by Crippen LogP contribution is -1.92. The van der Waals surface area contributed by atoms with Crippen LogP contribution in [0.1, 0.15) is 39.0 Å². The van der Waals surface area contributed by atoms with Crippen molar-refractivity contribution in [3.8, 4) is 0 Å². The maximum atomic E-state index is 5.02. The predicted molar refractivity (Wildman–Crippen MR) is 62.2 cm³/mol. The normalized spacial score (nSPS) is 9.92. The second-order valence-electron chi connectivity index (χ2n) is 3.06. The summed E-state index contributed by atoms with van der Waals surface area (Å²) in [6, 6.07) is 0. The van der Waals surface area contributed by atoms with Gasteiger partial charge < -0.3 is 4.74 Å². The molecule has 0 aliphatic carbocycles. The Hall–Kier alpha value is -0.110. The first-order valence-electron chi connectivity index (χ1n) is 5.22. The van der Waals surface area contributed by atoms with Gasteiger partial charge in [-0.05, 0) is 12.2 Å². The van der Waals surface area contributed by atoms with Crippen LogP contribution in [-0.4, -0.2) is 18.1 Å². The van der Waals surface area contributed by atoms with E-state index in [0.29, 0.717) is 0 Å². The molecule has 0 spiro atoms. The van der Waals surface area contributed by atoms with Crippen LogP contribution >= 0.6 is 11.8 Å². The smallest absolute Gasteiger partial charge is 0.0963 e. The minimum atomic E-state index is 0.809. The van der Waals surface area contributed by atoms with Crippen molar-refractivity contribution in [2.75, 3.05) is 18.1 Å². The van der Waals surface area contributed by atoms with Crippen LogP contribution in [0.3, 0.4) is 0 Å². The molecule has 0 aromatic rings. The van der Waals surface area contributed by atoms with Gasteiger partial charge in [0.15, 0.2) is 0 Å². The molecule has 0 saturated heterocycles. The Morgan fingerprint density at radius 3 is 2.62 bits per heavy atom. The molecule has 2 heteroatoms. The van der Waals surface area contributed by atoms with Crippen molar-refractivity contribution in [2.45, 2.75) is 39.0 Å². The maximum absolute atomic E-state index is 5.02. The van der Waals surface area contributed by atoms with E-state index in [1.165, 1.54) is 44.1 Å². The summed E-state index contributed by atoms with van der Waals surface area (Å²) in [4.78, 5) is 0. The lowest BCUT2D eigenvalue weighted by Gasteiger charge is -2.01. The van der Waals surface area contributed by atoms with Crippen LogP contribution in [0.25, 0.3) is 0 Å². The lowest BCUT2D eigenvalue weighted by atomic mass is 10.2. The molecular formula is C11H22OS. The van der Waals surface area contributed by atoms with Crippen LogP contribution in [0.2, 0.25) is 0 Å². The molecule has 0 unspecified atom stereocenters. The van der Waals surface area contributed by atoms with E-state index in [1.807, 2.05) is 11.8 Å². The fourth-order valence-corrected chi connectivity index (χ4v) is 1.93. The number of rotatable bonds is 10. The van der Waals surface area contributed by atoms with Gasteiger partial charge >= 0.3 is 0 Å². The Balaban J connectivity index is 2.79. The first-order chi connectivity index (χ1) is 6.41. The van der Waals surface area contributed by atoms with Gasteiger partial charge in [-0.1, -0.05) is 39.2 Å². The second kappa shape index (κ2) is 11.9. The Kier molecular flexibility index (Phi) is 11.8. The van der Waals surface area contributed by atoms with E-state index < -0.39 is 0 Å². The Labute approximate surface area is 86.9 Å². The summed E-state index contributed by atoms with van der Waals surface area (Å²) in [6.45, 7) is 6.56. The molecule has 0 aromatic carbocycles. The Morgan fingerprint density at radius 2 is 1.92 bits per heavy atom. The van der Waals surface area contributed by atoms with Crippen molar-refractivity contribution in [1.29, 1.82) is 0 Å². The first-order valence-corrected chi connectivity index (χ1v) is 6.37. The summed E-state index contributed by atoms with van der Waals surface area (Å²) in [5.41, 5.74) is 0. The van der Waals surface area contributed by atoms with Gasteiger partial charge in [-0.3, -0.25) is 0 Å². The Bertz CT molecular complexity index is 104. The van der Waals surface area contributed by atoms with Crippen LogP contribution in [0.15, 0.2) is 12.8 Å². The lowest BCUT2D eigenvalue weighted by molar-refractivity contribution is 0.274. The van der Waals surface area contributed by atoms with Gasteiger partial charge in [0.1, 0.15) is 0 Å². The molecule has 0 atom stereocenters. The zero-order valence-electron chi connectivity index (χ0n) is 8.76. The van der Waals surface area contributed by atoms with E-state index in [1.54, 1.807) is 0 Å². The second-order valence-corrected chi connectivity index (χ2v) is 4.29. The first kappa shape index (κ1) is 12.9. The van der Waals surface area contributed by atoms with Gasteiger partial charge in [0.05, 0.1) is 12.9 Å². The molecule has 78 valence electrons. The fraction of sp³-hybridized carbons (Fsp3) is 0.818. The Morgan fingerprint density at radius 1 is 1.15 bits per heavy atom. The van der Waals surface area contributed by atoms with Crippen LogP contribution in [-0.2, 0) is 4.74 Å². The molecule has 0 amide bonds. The standard InChI is InChI=1S/C11H22OS/c1-3-5-6-7-8-10-13-11-9-12-4-2/h4H,2-3,5-11H2,1H3. The van der Waals surface area contributed by atoms with Gasteiger partial charge in [-0.2, -0.15) is 11.8 Å². The summed E-state index contributed by atoms with van der Waals surface area (Å²) in [6.07, 6.45) is 8.40. The highest BCUT2D eigenvalue weighted by Gasteiger charge is 1.90. The summed E-state index contributed by atoms with van der Waals surface area (Å²) in [5, 5.41) is 0. The van der Waals surface area contributed by atoms with Crippen molar-refractivity contribution in [2.24, 2.45) is 0 Å². The van der Waals surface area contributed by atoms with Crippen molar-refractivity contribution in [3.05, 3.63) is 12.8 Å². The van der Waals surface area contributed by atoms with Gasteiger partial charge in [0.25, 0.3) is 0 Å². The van der Waals surface area contributed by atoms with E-state index in [0.717, 1.165) is 12.4 Å². The molecule has 1 nitrogen and oxygen atoms in total. The van der Waals surface area contributed by atoms with E-state index in [-0.39, 0.29) is 0 Å². The van der Waals surface area contributed by atoms with Crippen LogP contribution in [0.5, 0.6) is 0 Å². The summed E-state index contributed by atoms with van der Waals surface area (Å²) < 4.78 is 5.02. The zero-order valence-corrected chi connectivity index (χ0v) is 9.57. The van der Waals surface area contributed by atoms with E-state index in [2.05, 4.69) is 13.5 Å². The molecule has 0 aliphatic heterocycles. The molecule has 0 rings (SSSR count). The number of thioether (sulfide) groups is 1. The SMILES string of the molecule is C=COCCSCCCCCCC. The molecule has 0 saturated carbocycles. The summed E-state index contributed by atoms with van der Waals surface area (Å²) in [5.74, 6) is 2.38. The highest BCUT2D eigenvalue weighted by atomic mass is 32.2. The van der Waals surface area contributed by atoms with Crippen molar-refractivity contribution in [1.82, 2.24) is 0 Å². The average Bonchev–Trinajstić information content (AvgIpc) is 2.16. The number of ether oxygens (including phenoxy) is 1. The summed E-state index contributed by atoms with van der Waals surface area (Å²) >= 11 is 1.98.